The fraction of sp³-hybridized carbons (Fsp3) is 0.400. The van der Waals surface area contributed by atoms with Gasteiger partial charge >= 0.3 is 0 Å². The zero-order valence-electron chi connectivity index (χ0n) is 20.7. The van der Waals surface area contributed by atoms with Gasteiger partial charge in [0.1, 0.15) is 18.3 Å². The third-order valence-electron chi connectivity index (χ3n) is 5.81. The van der Waals surface area contributed by atoms with Gasteiger partial charge in [-0.25, -0.2) is 0 Å². The predicted molar refractivity (Wildman–Crippen MR) is 138 cm³/mol. The Morgan fingerprint density at radius 3 is 0.917 bits per heavy atom. The Morgan fingerprint density at radius 1 is 0.417 bits per heavy atom. The summed E-state index contributed by atoms with van der Waals surface area (Å²) in [7, 11) is 0. The molecular formula is C30H36O6. The van der Waals surface area contributed by atoms with Gasteiger partial charge in [0, 0.05) is 0 Å². The van der Waals surface area contributed by atoms with E-state index in [1.165, 1.54) is 0 Å². The van der Waals surface area contributed by atoms with E-state index in [1.807, 2.05) is 54.6 Å². The van der Waals surface area contributed by atoms with E-state index < -0.39 is 0 Å². The second-order valence-corrected chi connectivity index (χ2v) is 8.87. The summed E-state index contributed by atoms with van der Waals surface area (Å²) in [6.07, 6.45) is -0.597. The van der Waals surface area contributed by atoms with Crippen LogP contribution in [-0.4, -0.2) is 58.0 Å². The maximum Gasteiger partial charge on any atom is 0.105 e. The van der Waals surface area contributed by atoms with Crippen molar-refractivity contribution in [1.29, 1.82) is 0 Å². The largest absolute Gasteiger partial charge is 0.376 e. The van der Waals surface area contributed by atoms with Crippen molar-refractivity contribution in [3.05, 3.63) is 108 Å². The zero-order chi connectivity index (χ0) is 24.7. The van der Waals surface area contributed by atoms with Gasteiger partial charge in [-0.15, -0.1) is 0 Å². The molecule has 0 N–H and O–H groups in total. The smallest absolute Gasteiger partial charge is 0.105 e. The van der Waals surface area contributed by atoms with Gasteiger partial charge in [-0.1, -0.05) is 91.0 Å². The molecule has 3 aromatic carbocycles. The normalized spacial score (nSPS) is 21.8. The molecule has 4 rings (SSSR count). The molecule has 192 valence electrons. The molecule has 0 unspecified atom stereocenters. The Hall–Kier alpha value is -2.58. The van der Waals surface area contributed by atoms with Crippen LogP contribution in [0.25, 0.3) is 0 Å². The molecule has 0 spiro atoms. The molecule has 36 heavy (non-hydrogen) atoms. The summed E-state index contributed by atoms with van der Waals surface area (Å²) in [5.41, 5.74) is 3.35. The Balaban J connectivity index is 1.34. The van der Waals surface area contributed by atoms with Crippen molar-refractivity contribution in [2.75, 3.05) is 39.6 Å². The number of hydrogen-bond acceptors (Lipinski definition) is 6. The van der Waals surface area contributed by atoms with E-state index in [1.54, 1.807) is 0 Å². The summed E-state index contributed by atoms with van der Waals surface area (Å²) in [5.74, 6) is 0. The zero-order valence-corrected chi connectivity index (χ0v) is 20.7. The van der Waals surface area contributed by atoms with Crippen molar-refractivity contribution in [1.82, 2.24) is 0 Å². The second-order valence-electron chi connectivity index (χ2n) is 8.87. The first-order valence-corrected chi connectivity index (χ1v) is 12.5. The maximum atomic E-state index is 6.14. The van der Waals surface area contributed by atoms with Crippen molar-refractivity contribution >= 4 is 0 Å². The van der Waals surface area contributed by atoms with Crippen LogP contribution in [0, 0.1) is 0 Å². The second kappa shape index (κ2) is 15.5. The molecule has 1 fully saturated rings. The van der Waals surface area contributed by atoms with Crippen LogP contribution < -0.4 is 0 Å². The van der Waals surface area contributed by atoms with Gasteiger partial charge in [-0.2, -0.15) is 0 Å². The van der Waals surface area contributed by atoms with Crippen LogP contribution in [0.15, 0.2) is 91.0 Å². The molecule has 1 saturated heterocycles. The van der Waals surface area contributed by atoms with E-state index >= 15 is 0 Å². The van der Waals surface area contributed by atoms with Crippen LogP contribution in [-0.2, 0) is 48.2 Å². The molecule has 0 amide bonds. The minimum Gasteiger partial charge on any atom is -0.376 e. The first kappa shape index (κ1) is 26.5. The van der Waals surface area contributed by atoms with E-state index in [9.17, 15) is 0 Å². The minimum absolute atomic E-state index is 0.199. The summed E-state index contributed by atoms with van der Waals surface area (Å²) in [6.45, 7) is 3.97. The van der Waals surface area contributed by atoms with Crippen molar-refractivity contribution in [3.63, 3.8) is 0 Å². The topological polar surface area (TPSA) is 55.4 Å². The molecule has 0 aliphatic carbocycles. The monoisotopic (exact) mass is 492 g/mol. The fourth-order valence-electron chi connectivity index (χ4n) is 3.79. The predicted octanol–water partition coefficient (Wildman–Crippen LogP) is 4.81. The third-order valence-corrected chi connectivity index (χ3v) is 5.81. The number of hydrogen-bond donors (Lipinski definition) is 0. The maximum absolute atomic E-state index is 6.14. The Morgan fingerprint density at radius 2 is 0.667 bits per heavy atom. The lowest BCUT2D eigenvalue weighted by molar-refractivity contribution is -0.135. The lowest BCUT2D eigenvalue weighted by atomic mass is 10.2. The van der Waals surface area contributed by atoms with E-state index in [-0.39, 0.29) is 18.3 Å². The third kappa shape index (κ3) is 9.82. The lowest BCUT2D eigenvalue weighted by Gasteiger charge is -2.25. The molecule has 0 atom stereocenters. The number of rotatable bonds is 9. The Labute approximate surface area is 214 Å². The van der Waals surface area contributed by atoms with Gasteiger partial charge in [0.2, 0.25) is 0 Å². The Kier molecular flexibility index (Phi) is 11.4. The highest BCUT2D eigenvalue weighted by Crippen LogP contribution is 2.11. The van der Waals surface area contributed by atoms with Crippen LogP contribution in [0.3, 0.4) is 0 Å². The lowest BCUT2D eigenvalue weighted by Crippen LogP contribution is -2.35. The molecule has 1 heterocycles. The number of ether oxygens (including phenoxy) is 6. The van der Waals surface area contributed by atoms with Gasteiger partial charge < -0.3 is 28.4 Å². The van der Waals surface area contributed by atoms with Gasteiger partial charge in [0.15, 0.2) is 0 Å². The molecule has 6 nitrogen and oxygen atoms in total. The fourth-order valence-corrected chi connectivity index (χ4v) is 3.79. The highest BCUT2D eigenvalue weighted by atomic mass is 16.6. The average molecular weight is 493 g/mol. The molecule has 0 radical (unpaired) electrons. The Bertz CT molecular complexity index is 814. The van der Waals surface area contributed by atoms with E-state index in [0.717, 1.165) is 16.7 Å². The SMILES string of the molecule is c1ccc(COC2COCC(OCc3ccccc3)COCC(OCc3ccccc3)COC2)cc1. The standard InChI is InChI=1S/C30H36O6/c1-4-10-25(11-5-1)16-34-28-19-31-21-29(35-17-26-12-6-2-7-13-26)23-33-24-30(22-32-20-28)36-18-27-14-8-3-9-15-27/h1-15,28-30H,16-24H2. The summed E-state index contributed by atoms with van der Waals surface area (Å²) in [4.78, 5) is 0. The molecule has 0 aromatic heterocycles. The quantitative estimate of drug-likeness (QED) is 0.428. The molecule has 6 heteroatoms. The van der Waals surface area contributed by atoms with Crippen LogP contribution in [0.2, 0.25) is 0 Å². The van der Waals surface area contributed by atoms with Crippen LogP contribution in [0.1, 0.15) is 16.7 Å². The summed E-state index contributed by atoms with van der Waals surface area (Å²) in [6, 6.07) is 30.4. The molecule has 1 aliphatic rings. The van der Waals surface area contributed by atoms with Crippen molar-refractivity contribution in [2.24, 2.45) is 0 Å². The van der Waals surface area contributed by atoms with Crippen LogP contribution in [0.4, 0.5) is 0 Å². The highest BCUT2D eigenvalue weighted by molar-refractivity contribution is 5.14. The van der Waals surface area contributed by atoms with E-state index in [2.05, 4.69) is 36.4 Å². The average Bonchev–Trinajstić information content (AvgIpc) is 2.93. The van der Waals surface area contributed by atoms with Gasteiger partial charge in [0.05, 0.1) is 59.5 Å². The molecule has 3 aromatic rings. The summed E-state index contributed by atoms with van der Waals surface area (Å²) in [5, 5.41) is 0. The van der Waals surface area contributed by atoms with Crippen LogP contribution >= 0.6 is 0 Å². The van der Waals surface area contributed by atoms with Gasteiger partial charge in [-0.3, -0.25) is 0 Å². The van der Waals surface area contributed by atoms with Crippen molar-refractivity contribution in [3.8, 4) is 0 Å². The molecule has 1 aliphatic heterocycles. The molecule has 0 saturated carbocycles. The molecule has 0 bridgehead atoms. The summed E-state index contributed by atoms with van der Waals surface area (Å²) < 4.78 is 36.4. The highest BCUT2D eigenvalue weighted by Gasteiger charge is 2.19. The first-order chi connectivity index (χ1) is 17.8. The van der Waals surface area contributed by atoms with Crippen LogP contribution in [0.5, 0.6) is 0 Å². The first-order valence-electron chi connectivity index (χ1n) is 12.5. The van der Waals surface area contributed by atoms with Gasteiger partial charge in [-0.05, 0) is 16.7 Å². The summed E-state index contributed by atoms with van der Waals surface area (Å²) >= 11 is 0. The van der Waals surface area contributed by atoms with E-state index in [4.69, 9.17) is 28.4 Å². The molecular weight excluding hydrogens is 456 g/mol. The number of benzene rings is 3. The van der Waals surface area contributed by atoms with Crippen molar-refractivity contribution < 1.29 is 28.4 Å². The minimum atomic E-state index is -0.199. The van der Waals surface area contributed by atoms with Gasteiger partial charge in [0.25, 0.3) is 0 Å². The van der Waals surface area contributed by atoms with Crippen molar-refractivity contribution in [2.45, 2.75) is 38.1 Å². The van der Waals surface area contributed by atoms with E-state index in [0.29, 0.717) is 59.5 Å².